The van der Waals surface area contributed by atoms with Crippen LogP contribution >= 0.6 is 34.1 Å². The molecule has 11 heavy (non-hydrogen) atoms. The number of alkyl halides is 1. The van der Waals surface area contributed by atoms with Crippen molar-refractivity contribution in [2.75, 3.05) is 0 Å². The minimum absolute atomic E-state index is 0.291. The number of carbonyl (C=O) groups excluding carboxylic acids is 1. The molecule has 0 unspecified atom stereocenters. The van der Waals surface area contributed by atoms with Gasteiger partial charge >= 0.3 is 0 Å². The lowest BCUT2D eigenvalue weighted by atomic mass is 10.4. The summed E-state index contributed by atoms with van der Waals surface area (Å²) in [5.41, 5.74) is 0.900. The van der Waals surface area contributed by atoms with Gasteiger partial charge in [-0.3, -0.25) is 4.79 Å². The third-order valence-electron chi connectivity index (χ3n) is 1.04. The fraction of sp³-hybridized carbons (Fsp3) is 0.400. The highest BCUT2D eigenvalue weighted by atomic mass is 127. The Labute approximate surface area is 81.3 Å². The van der Waals surface area contributed by atoms with Gasteiger partial charge in [0.25, 0.3) is 6.47 Å². The van der Waals surface area contributed by atoms with E-state index in [0.717, 1.165) is 15.0 Å². The molecule has 1 rings (SSSR count). The number of halogens is 1. The van der Waals surface area contributed by atoms with Crippen LogP contribution in [0.15, 0.2) is 0 Å². The normalized spacial score (nSPS) is 9.55. The smallest absolute Gasteiger partial charge is 0.293 e. The number of aromatic nitrogens is 2. The lowest BCUT2D eigenvalue weighted by Gasteiger charge is -1.93. The molecule has 0 aliphatic heterocycles. The molecular formula is C5H5IN2O2S. The largest absolute Gasteiger partial charge is 0.462 e. The van der Waals surface area contributed by atoms with Crippen LogP contribution in [0.3, 0.4) is 0 Å². The van der Waals surface area contributed by atoms with Gasteiger partial charge in [0.05, 0.1) is 10.6 Å². The van der Waals surface area contributed by atoms with Crippen molar-refractivity contribution < 1.29 is 9.53 Å². The fourth-order valence-electron chi connectivity index (χ4n) is 0.548. The molecule has 1 aromatic heterocycles. The SMILES string of the molecule is O=COCc1snnc1CI. The van der Waals surface area contributed by atoms with Crippen LogP contribution < -0.4 is 0 Å². The number of rotatable bonds is 4. The summed E-state index contributed by atoms with van der Waals surface area (Å²) in [6, 6.07) is 0. The van der Waals surface area contributed by atoms with Crippen molar-refractivity contribution in [2.24, 2.45) is 0 Å². The van der Waals surface area contributed by atoms with E-state index in [2.05, 4.69) is 36.9 Å². The van der Waals surface area contributed by atoms with E-state index < -0.39 is 0 Å². The van der Waals surface area contributed by atoms with Crippen LogP contribution in [0.5, 0.6) is 0 Å². The molecule has 0 N–H and O–H groups in total. The average molecular weight is 284 g/mol. The summed E-state index contributed by atoms with van der Waals surface area (Å²) in [6.07, 6.45) is 0. The molecule has 0 saturated carbocycles. The van der Waals surface area contributed by atoms with Crippen LogP contribution in [0.2, 0.25) is 0 Å². The van der Waals surface area contributed by atoms with E-state index in [-0.39, 0.29) is 0 Å². The molecule has 0 aromatic carbocycles. The zero-order valence-corrected chi connectivity index (χ0v) is 8.46. The van der Waals surface area contributed by atoms with Crippen LogP contribution in [0, 0.1) is 0 Å². The summed E-state index contributed by atoms with van der Waals surface area (Å²) >= 11 is 3.45. The second kappa shape index (κ2) is 4.60. The predicted molar refractivity (Wildman–Crippen MR) is 48.5 cm³/mol. The monoisotopic (exact) mass is 284 g/mol. The Hall–Kier alpha value is -0.240. The highest BCUT2D eigenvalue weighted by Crippen LogP contribution is 2.14. The molecule has 0 bridgehead atoms. The average Bonchev–Trinajstić information content (AvgIpc) is 2.47. The Morgan fingerprint density at radius 1 is 1.73 bits per heavy atom. The maximum absolute atomic E-state index is 9.84. The number of nitrogens with zero attached hydrogens (tertiary/aromatic N) is 2. The lowest BCUT2D eigenvalue weighted by Crippen LogP contribution is -1.90. The molecule has 4 nitrogen and oxygen atoms in total. The summed E-state index contributed by atoms with van der Waals surface area (Å²) in [5, 5.41) is 3.85. The Kier molecular flexibility index (Phi) is 3.70. The molecule has 0 aliphatic rings. The van der Waals surface area contributed by atoms with Crippen molar-refractivity contribution in [3.8, 4) is 0 Å². The molecule has 0 spiro atoms. The first kappa shape index (κ1) is 8.85. The van der Waals surface area contributed by atoms with Gasteiger partial charge in [-0.05, 0) is 11.5 Å². The van der Waals surface area contributed by atoms with E-state index in [1.165, 1.54) is 11.5 Å². The number of hydrogen-bond donors (Lipinski definition) is 0. The lowest BCUT2D eigenvalue weighted by molar-refractivity contribution is -0.129. The highest BCUT2D eigenvalue weighted by molar-refractivity contribution is 14.1. The van der Waals surface area contributed by atoms with Gasteiger partial charge in [0.15, 0.2) is 0 Å². The van der Waals surface area contributed by atoms with Gasteiger partial charge in [-0.1, -0.05) is 27.1 Å². The summed E-state index contributed by atoms with van der Waals surface area (Å²) in [4.78, 5) is 10.8. The van der Waals surface area contributed by atoms with Crippen molar-refractivity contribution in [1.82, 2.24) is 9.59 Å². The van der Waals surface area contributed by atoms with E-state index in [0.29, 0.717) is 13.1 Å². The zero-order chi connectivity index (χ0) is 8.10. The fourth-order valence-corrected chi connectivity index (χ4v) is 2.00. The summed E-state index contributed by atoms with van der Waals surface area (Å²) in [5.74, 6) is 0. The first-order valence-electron chi connectivity index (χ1n) is 2.79. The third kappa shape index (κ3) is 2.37. The van der Waals surface area contributed by atoms with Gasteiger partial charge < -0.3 is 4.74 Å². The van der Waals surface area contributed by atoms with E-state index in [1.807, 2.05) is 0 Å². The molecule has 0 atom stereocenters. The first-order valence-corrected chi connectivity index (χ1v) is 5.09. The van der Waals surface area contributed by atoms with Crippen LogP contribution in [0.25, 0.3) is 0 Å². The topological polar surface area (TPSA) is 52.1 Å². The molecule has 1 heterocycles. The number of carbonyl (C=O) groups is 1. The Morgan fingerprint density at radius 2 is 2.55 bits per heavy atom. The zero-order valence-electron chi connectivity index (χ0n) is 5.49. The Balaban J connectivity index is 2.60. The van der Waals surface area contributed by atoms with E-state index in [9.17, 15) is 4.79 Å². The van der Waals surface area contributed by atoms with Gasteiger partial charge in [-0.15, -0.1) is 5.10 Å². The molecule has 0 amide bonds. The standard InChI is InChI=1S/C5H5IN2O2S/c6-1-4-5(2-10-3-9)11-8-7-4/h3H,1-2H2. The second-order valence-electron chi connectivity index (χ2n) is 1.68. The maximum atomic E-state index is 9.84. The second-order valence-corrected chi connectivity index (χ2v) is 3.29. The quantitative estimate of drug-likeness (QED) is 0.473. The molecule has 0 radical (unpaired) electrons. The van der Waals surface area contributed by atoms with E-state index >= 15 is 0 Å². The van der Waals surface area contributed by atoms with Gasteiger partial charge in [0, 0.05) is 4.43 Å². The van der Waals surface area contributed by atoms with Gasteiger partial charge in [-0.25, -0.2) is 0 Å². The van der Waals surface area contributed by atoms with Crippen LogP contribution in [-0.4, -0.2) is 16.1 Å². The highest BCUT2D eigenvalue weighted by Gasteiger charge is 2.05. The molecule has 0 saturated heterocycles. The molecule has 6 heteroatoms. The number of ether oxygens (including phenoxy) is 1. The Morgan fingerprint density at radius 3 is 3.18 bits per heavy atom. The van der Waals surface area contributed by atoms with Crippen molar-refractivity contribution in [2.45, 2.75) is 11.0 Å². The molecule has 1 aromatic rings. The summed E-state index contributed by atoms with van der Waals surface area (Å²) in [6.45, 7) is 0.718. The molecule has 0 fully saturated rings. The van der Waals surface area contributed by atoms with Crippen molar-refractivity contribution in [3.63, 3.8) is 0 Å². The van der Waals surface area contributed by atoms with Crippen LogP contribution in [0.1, 0.15) is 10.6 Å². The van der Waals surface area contributed by atoms with Crippen LogP contribution in [-0.2, 0) is 20.6 Å². The minimum Gasteiger partial charge on any atom is -0.462 e. The van der Waals surface area contributed by atoms with Crippen molar-refractivity contribution in [1.29, 1.82) is 0 Å². The molecule has 0 aliphatic carbocycles. The van der Waals surface area contributed by atoms with Crippen molar-refractivity contribution in [3.05, 3.63) is 10.6 Å². The maximum Gasteiger partial charge on any atom is 0.293 e. The van der Waals surface area contributed by atoms with Gasteiger partial charge in [0.1, 0.15) is 6.61 Å². The molecule has 60 valence electrons. The first-order chi connectivity index (χ1) is 5.38. The van der Waals surface area contributed by atoms with Gasteiger partial charge in [-0.2, -0.15) is 0 Å². The summed E-state index contributed by atoms with van der Waals surface area (Å²) in [7, 11) is 0. The predicted octanol–water partition coefficient (Wildman–Crippen LogP) is 1.15. The van der Waals surface area contributed by atoms with Crippen LogP contribution in [0.4, 0.5) is 0 Å². The molecular weight excluding hydrogens is 279 g/mol. The van der Waals surface area contributed by atoms with E-state index in [4.69, 9.17) is 0 Å². The third-order valence-corrected chi connectivity index (χ3v) is 2.50. The summed E-state index contributed by atoms with van der Waals surface area (Å²) < 4.78 is 9.10. The minimum atomic E-state index is 0.291. The Bertz CT molecular complexity index is 240. The number of hydrogen-bond acceptors (Lipinski definition) is 5. The van der Waals surface area contributed by atoms with Crippen molar-refractivity contribution >= 4 is 40.6 Å². The van der Waals surface area contributed by atoms with E-state index in [1.54, 1.807) is 0 Å². The van der Waals surface area contributed by atoms with Gasteiger partial charge in [0.2, 0.25) is 0 Å².